The molecular weight excluding hydrogens is 282 g/mol. The highest BCUT2D eigenvalue weighted by atomic mass is 32.2. The molecule has 2 aromatic rings. The van der Waals surface area contributed by atoms with E-state index in [1.807, 2.05) is 0 Å². The van der Waals surface area contributed by atoms with Crippen LogP contribution in [0.15, 0.2) is 52.4 Å². The fourth-order valence-corrected chi connectivity index (χ4v) is 2.02. The smallest absolute Gasteiger partial charge is 0.294 e. The number of phenolic OH excluding ortho intramolecular Hbond substituents is 2. The average Bonchev–Trinajstić information content (AvgIpc) is 2.38. The Bertz CT molecular complexity index is 768. The molecule has 20 heavy (non-hydrogen) atoms. The number of aromatic hydroxyl groups is 2. The Morgan fingerprint density at radius 3 is 2.35 bits per heavy atom. The highest BCUT2D eigenvalue weighted by molar-refractivity contribution is 7.85. The van der Waals surface area contributed by atoms with Gasteiger partial charge in [0.25, 0.3) is 10.1 Å². The first-order valence-corrected chi connectivity index (χ1v) is 6.94. The van der Waals surface area contributed by atoms with Gasteiger partial charge in [-0.2, -0.15) is 8.42 Å². The molecule has 2 rings (SSSR count). The summed E-state index contributed by atoms with van der Waals surface area (Å²) in [5, 5.41) is 19.1. The minimum absolute atomic E-state index is 0.0471. The molecule has 0 aliphatic heterocycles. The van der Waals surface area contributed by atoms with Gasteiger partial charge in [-0.25, -0.2) is 0 Å². The molecule has 0 amide bonds. The predicted octanol–water partition coefficient (Wildman–Crippen LogP) is 2.10. The van der Waals surface area contributed by atoms with Crippen LogP contribution >= 0.6 is 0 Å². The van der Waals surface area contributed by atoms with Crippen molar-refractivity contribution in [2.75, 3.05) is 0 Å². The molecule has 0 saturated carbocycles. The predicted molar refractivity (Wildman–Crippen MR) is 73.3 cm³/mol. The lowest BCUT2D eigenvalue weighted by molar-refractivity contribution is 0.471. The second-order valence-corrected chi connectivity index (χ2v) is 5.36. The molecule has 0 bridgehead atoms. The van der Waals surface area contributed by atoms with Crippen LogP contribution < -0.4 is 0 Å². The fraction of sp³-hybridized carbons (Fsp3) is 0. The number of hydrogen-bond acceptors (Lipinski definition) is 5. The van der Waals surface area contributed by atoms with Crippen LogP contribution in [0.25, 0.3) is 0 Å². The van der Waals surface area contributed by atoms with Gasteiger partial charge in [-0.05, 0) is 30.3 Å². The molecule has 6 nitrogen and oxygen atoms in total. The number of aliphatic imine (C=N–C) groups is 1. The van der Waals surface area contributed by atoms with Gasteiger partial charge in [-0.15, -0.1) is 0 Å². The summed E-state index contributed by atoms with van der Waals surface area (Å²) in [5.41, 5.74) is 0.368. The molecule has 0 spiro atoms. The van der Waals surface area contributed by atoms with E-state index in [4.69, 9.17) is 4.55 Å². The van der Waals surface area contributed by atoms with Crippen molar-refractivity contribution < 1.29 is 23.2 Å². The quantitative estimate of drug-likeness (QED) is 0.593. The van der Waals surface area contributed by atoms with Crippen LogP contribution in [0.4, 0.5) is 5.69 Å². The highest BCUT2D eigenvalue weighted by Gasteiger charge is 2.11. The molecule has 0 unspecified atom stereocenters. The van der Waals surface area contributed by atoms with Crippen LogP contribution in [0.1, 0.15) is 5.56 Å². The van der Waals surface area contributed by atoms with Crippen LogP contribution in [0, 0.1) is 0 Å². The van der Waals surface area contributed by atoms with E-state index in [0.29, 0.717) is 0 Å². The van der Waals surface area contributed by atoms with Gasteiger partial charge in [0.1, 0.15) is 17.2 Å². The Morgan fingerprint density at radius 2 is 1.70 bits per heavy atom. The minimum atomic E-state index is -4.36. The second-order valence-electron chi connectivity index (χ2n) is 3.94. The van der Waals surface area contributed by atoms with Gasteiger partial charge in [-0.1, -0.05) is 12.1 Å². The summed E-state index contributed by atoms with van der Waals surface area (Å²) in [6, 6.07) is 9.58. The monoisotopic (exact) mass is 293 g/mol. The van der Waals surface area contributed by atoms with Crippen molar-refractivity contribution in [3.8, 4) is 11.5 Å². The van der Waals surface area contributed by atoms with E-state index < -0.39 is 10.1 Å². The largest absolute Gasteiger partial charge is 0.507 e. The van der Waals surface area contributed by atoms with E-state index in [9.17, 15) is 18.6 Å². The zero-order valence-corrected chi connectivity index (χ0v) is 10.9. The second kappa shape index (κ2) is 5.32. The van der Waals surface area contributed by atoms with Crippen molar-refractivity contribution in [3.05, 3.63) is 48.0 Å². The number of para-hydroxylation sites is 2. The van der Waals surface area contributed by atoms with Crippen molar-refractivity contribution in [1.82, 2.24) is 0 Å². The lowest BCUT2D eigenvalue weighted by Crippen LogP contribution is -1.98. The maximum atomic E-state index is 11.0. The fourth-order valence-electron chi connectivity index (χ4n) is 1.51. The number of phenols is 2. The lowest BCUT2D eigenvalue weighted by atomic mass is 10.2. The molecule has 0 aliphatic carbocycles. The van der Waals surface area contributed by atoms with Crippen LogP contribution in [-0.4, -0.2) is 29.4 Å². The van der Waals surface area contributed by atoms with E-state index in [2.05, 4.69) is 4.99 Å². The third kappa shape index (κ3) is 3.14. The van der Waals surface area contributed by atoms with E-state index in [1.54, 1.807) is 18.2 Å². The zero-order chi connectivity index (χ0) is 14.8. The van der Waals surface area contributed by atoms with Crippen molar-refractivity contribution >= 4 is 22.0 Å². The van der Waals surface area contributed by atoms with Crippen molar-refractivity contribution in [3.63, 3.8) is 0 Å². The minimum Gasteiger partial charge on any atom is -0.507 e. The van der Waals surface area contributed by atoms with E-state index in [-0.39, 0.29) is 27.6 Å². The topological polar surface area (TPSA) is 107 Å². The van der Waals surface area contributed by atoms with Gasteiger partial charge in [0.05, 0.1) is 4.90 Å². The summed E-state index contributed by atoms with van der Waals surface area (Å²) >= 11 is 0. The average molecular weight is 293 g/mol. The van der Waals surface area contributed by atoms with Gasteiger partial charge in [0, 0.05) is 11.8 Å². The first-order chi connectivity index (χ1) is 9.38. The lowest BCUT2D eigenvalue weighted by Gasteiger charge is -2.02. The highest BCUT2D eigenvalue weighted by Crippen LogP contribution is 2.26. The SMILES string of the molecule is O=S(=O)(O)c1ccc(O)c(C=Nc2ccccc2O)c1. The summed E-state index contributed by atoms with van der Waals surface area (Å²) in [4.78, 5) is 3.60. The molecule has 3 N–H and O–H groups in total. The molecule has 0 heterocycles. The third-order valence-corrected chi connectivity index (χ3v) is 3.37. The van der Waals surface area contributed by atoms with Crippen molar-refractivity contribution in [2.24, 2.45) is 4.99 Å². The Kier molecular flexibility index (Phi) is 3.73. The summed E-state index contributed by atoms with van der Waals surface area (Å²) in [5.74, 6) is -0.245. The molecule has 0 atom stereocenters. The molecule has 0 fully saturated rings. The number of rotatable bonds is 3. The maximum absolute atomic E-state index is 11.0. The van der Waals surface area contributed by atoms with Gasteiger partial charge in [0.15, 0.2) is 0 Å². The Hall–Kier alpha value is -2.38. The number of hydrogen-bond donors (Lipinski definition) is 3. The first-order valence-electron chi connectivity index (χ1n) is 5.50. The van der Waals surface area contributed by atoms with Gasteiger partial charge in [0.2, 0.25) is 0 Å². The summed E-state index contributed by atoms with van der Waals surface area (Å²) in [6.45, 7) is 0. The van der Waals surface area contributed by atoms with E-state index in [0.717, 1.165) is 18.2 Å². The number of benzene rings is 2. The zero-order valence-electron chi connectivity index (χ0n) is 10.1. The summed E-state index contributed by atoms with van der Waals surface area (Å²) < 4.78 is 31.0. The maximum Gasteiger partial charge on any atom is 0.294 e. The summed E-state index contributed by atoms with van der Waals surface area (Å²) in [7, 11) is -4.36. The van der Waals surface area contributed by atoms with Crippen LogP contribution in [0.2, 0.25) is 0 Å². The third-order valence-electron chi connectivity index (χ3n) is 2.52. The molecule has 2 aromatic carbocycles. The van der Waals surface area contributed by atoms with E-state index >= 15 is 0 Å². The molecule has 0 aromatic heterocycles. The first kappa shape index (κ1) is 14.0. The molecule has 104 valence electrons. The molecule has 0 saturated heterocycles. The normalized spacial score (nSPS) is 11.8. The van der Waals surface area contributed by atoms with E-state index in [1.165, 1.54) is 12.3 Å². The van der Waals surface area contributed by atoms with Crippen LogP contribution in [0.5, 0.6) is 11.5 Å². The van der Waals surface area contributed by atoms with Crippen molar-refractivity contribution in [2.45, 2.75) is 4.90 Å². The summed E-state index contributed by atoms with van der Waals surface area (Å²) in [6.07, 6.45) is 1.19. The van der Waals surface area contributed by atoms with Gasteiger partial charge >= 0.3 is 0 Å². The van der Waals surface area contributed by atoms with Crippen molar-refractivity contribution in [1.29, 1.82) is 0 Å². The van der Waals surface area contributed by atoms with Crippen LogP contribution in [-0.2, 0) is 10.1 Å². The Balaban J connectivity index is 2.41. The van der Waals surface area contributed by atoms with Gasteiger partial charge < -0.3 is 10.2 Å². The molecule has 0 aliphatic rings. The molecule has 0 radical (unpaired) electrons. The molecule has 7 heteroatoms. The number of nitrogens with zero attached hydrogens (tertiary/aromatic N) is 1. The van der Waals surface area contributed by atoms with Crippen LogP contribution in [0.3, 0.4) is 0 Å². The van der Waals surface area contributed by atoms with Gasteiger partial charge in [-0.3, -0.25) is 9.55 Å². The molecular formula is C13H11NO5S. The Morgan fingerprint density at radius 1 is 1.00 bits per heavy atom. The Labute approximate surface area is 115 Å². The standard InChI is InChI=1S/C13H11NO5S/c15-12-6-5-10(20(17,18)19)7-9(12)8-14-11-3-1-2-4-13(11)16/h1-8,15-16H,(H,17,18,19).